The van der Waals surface area contributed by atoms with Crippen molar-refractivity contribution in [2.75, 3.05) is 32.9 Å². The second-order valence-corrected chi connectivity index (χ2v) is 4.42. The standard InChI is InChI=1S/C10H18N2O3/c1-10(2-4-14-7-10)12-9(13)8-6-11-3-5-15-8/h8,11H,2-7H2,1H3,(H,12,13). The molecule has 0 aliphatic carbocycles. The van der Waals surface area contributed by atoms with Gasteiger partial charge in [-0.2, -0.15) is 0 Å². The van der Waals surface area contributed by atoms with Gasteiger partial charge in [0.25, 0.3) is 5.91 Å². The van der Waals surface area contributed by atoms with Gasteiger partial charge < -0.3 is 20.1 Å². The molecule has 15 heavy (non-hydrogen) atoms. The summed E-state index contributed by atoms with van der Waals surface area (Å²) < 4.78 is 10.7. The van der Waals surface area contributed by atoms with Crippen molar-refractivity contribution >= 4 is 5.91 Å². The molecule has 0 spiro atoms. The van der Waals surface area contributed by atoms with E-state index in [1.807, 2.05) is 6.92 Å². The van der Waals surface area contributed by atoms with Crippen LogP contribution in [0.4, 0.5) is 0 Å². The number of nitrogens with one attached hydrogen (secondary N) is 2. The SMILES string of the molecule is CC1(NC(=O)C2CNCCO2)CCOC1. The van der Waals surface area contributed by atoms with Crippen molar-refractivity contribution in [3.05, 3.63) is 0 Å². The molecule has 2 saturated heterocycles. The Morgan fingerprint density at radius 2 is 2.40 bits per heavy atom. The van der Waals surface area contributed by atoms with Gasteiger partial charge in [-0.1, -0.05) is 0 Å². The first-order valence-corrected chi connectivity index (χ1v) is 5.42. The van der Waals surface area contributed by atoms with Crippen molar-refractivity contribution in [1.82, 2.24) is 10.6 Å². The minimum atomic E-state index is -0.351. The maximum atomic E-state index is 11.8. The quantitative estimate of drug-likeness (QED) is 0.636. The minimum Gasteiger partial charge on any atom is -0.379 e. The Bertz CT molecular complexity index is 233. The molecule has 0 bridgehead atoms. The number of carbonyl (C=O) groups is 1. The molecule has 2 N–H and O–H groups in total. The molecule has 2 aliphatic heterocycles. The normalized spacial score (nSPS) is 36.5. The van der Waals surface area contributed by atoms with E-state index in [4.69, 9.17) is 9.47 Å². The molecule has 2 fully saturated rings. The number of hydrogen-bond donors (Lipinski definition) is 2. The van der Waals surface area contributed by atoms with Crippen molar-refractivity contribution in [3.8, 4) is 0 Å². The average Bonchev–Trinajstić information content (AvgIpc) is 2.66. The predicted molar refractivity (Wildman–Crippen MR) is 54.6 cm³/mol. The maximum Gasteiger partial charge on any atom is 0.250 e. The molecule has 0 aromatic heterocycles. The first-order valence-electron chi connectivity index (χ1n) is 5.42. The van der Waals surface area contributed by atoms with Crippen LogP contribution >= 0.6 is 0 Å². The molecular formula is C10H18N2O3. The highest BCUT2D eigenvalue weighted by Crippen LogP contribution is 2.17. The van der Waals surface area contributed by atoms with Crippen LogP contribution in [0.3, 0.4) is 0 Å². The van der Waals surface area contributed by atoms with E-state index in [-0.39, 0.29) is 17.6 Å². The molecule has 0 saturated carbocycles. The third kappa shape index (κ3) is 2.68. The van der Waals surface area contributed by atoms with Crippen molar-refractivity contribution in [2.24, 2.45) is 0 Å². The van der Waals surface area contributed by atoms with Gasteiger partial charge in [0, 0.05) is 19.7 Å². The van der Waals surface area contributed by atoms with Crippen molar-refractivity contribution in [3.63, 3.8) is 0 Å². The number of hydrogen-bond acceptors (Lipinski definition) is 4. The van der Waals surface area contributed by atoms with Gasteiger partial charge in [-0.25, -0.2) is 0 Å². The number of amides is 1. The van der Waals surface area contributed by atoms with E-state index < -0.39 is 0 Å². The average molecular weight is 214 g/mol. The van der Waals surface area contributed by atoms with Crippen LogP contribution < -0.4 is 10.6 Å². The van der Waals surface area contributed by atoms with Crippen LogP contribution in [0.5, 0.6) is 0 Å². The Labute approximate surface area is 89.5 Å². The third-order valence-electron chi connectivity index (χ3n) is 2.86. The zero-order valence-corrected chi connectivity index (χ0v) is 9.04. The first kappa shape index (κ1) is 10.9. The fourth-order valence-electron chi connectivity index (χ4n) is 1.88. The Kier molecular flexibility index (Phi) is 3.23. The van der Waals surface area contributed by atoms with Crippen molar-refractivity contribution < 1.29 is 14.3 Å². The summed E-state index contributed by atoms with van der Waals surface area (Å²) in [6.07, 6.45) is 0.523. The van der Waals surface area contributed by atoms with Crippen LogP contribution in [0.2, 0.25) is 0 Å². The molecule has 2 unspecified atom stereocenters. The molecule has 2 heterocycles. The van der Waals surface area contributed by atoms with Crippen LogP contribution in [0, 0.1) is 0 Å². The fraction of sp³-hybridized carbons (Fsp3) is 0.900. The molecule has 0 radical (unpaired) electrons. The Morgan fingerprint density at radius 1 is 1.53 bits per heavy atom. The Balaban J connectivity index is 1.85. The summed E-state index contributed by atoms with van der Waals surface area (Å²) in [4.78, 5) is 11.8. The Morgan fingerprint density at radius 3 is 3.00 bits per heavy atom. The monoisotopic (exact) mass is 214 g/mol. The third-order valence-corrected chi connectivity index (χ3v) is 2.86. The minimum absolute atomic E-state index is 0.0322. The molecule has 1 amide bonds. The van der Waals surface area contributed by atoms with Crippen LogP contribution in [-0.4, -0.2) is 50.5 Å². The van der Waals surface area contributed by atoms with Gasteiger partial charge in [-0.3, -0.25) is 4.79 Å². The molecule has 5 nitrogen and oxygen atoms in total. The number of morpholine rings is 1. The van der Waals surface area contributed by atoms with Gasteiger partial charge in [-0.05, 0) is 13.3 Å². The van der Waals surface area contributed by atoms with Crippen LogP contribution in [0.25, 0.3) is 0 Å². The highest BCUT2D eigenvalue weighted by Gasteiger charge is 2.34. The molecule has 2 aliphatic rings. The highest BCUT2D eigenvalue weighted by atomic mass is 16.5. The summed E-state index contributed by atoms with van der Waals surface area (Å²) in [5, 5.41) is 6.13. The van der Waals surface area contributed by atoms with Gasteiger partial charge in [-0.15, -0.1) is 0 Å². The lowest BCUT2D eigenvalue weighted by molar-refractivity contribution is -0.136. The van der Waals surface area contributed by atoms with E-state index in [1.54, 1.807) is 0 Å². The van der Waals surface area contributed by atoms with Crippen molar-refractivity contribution in [1.29, 1.82) is 0 Å². The van der Waals surface area contributed by atoms with Crippen LogP contribution in [0.1, 0.15) is 13.3 Å². The highest BCUT2D eigenvalue weighted by molar-refractivity contribution is 5.81. The summed E-state index contributed by atoms with van der Waals surface area (Å²) >= 11 is 0. The van der Waals surface area contributed by atoms with E-state index in [0.29, 0.717) is 19.8 Å². The molecule has 0 aromatic rings. The summed E-state index contributed by atoms with van der Waals surface area (Å²) in [6.45, 7) is 5.35. The van der Waals surface area contributed by atoms with Crippen molar-refractivity contribution in [2.45, 2.75) is 25.0 Å². The summed E-state index contributed by atoms with van der Waals surface area (Å²) in [6, 6.07) is 0. The van der Waals surface area contributed by atoms with E-state index in [1.165, 1.54) is 0 Å². The second-order valence-electron chi connectivity index (χ2n) is 4.42. The summed E-state index contributed by atoms with van der Waals surface area (Å²) in [7, 11) is 0. The van der Waals surface area contributed by atoms with Gasteiger partial charge in [0.1, 0.15) is 6.10 Å². The molecule has 86 valence electrons. The van der Waals surface area contributed by atoms with E-state index in [2.05, 4.69) is 10.6 Å². The number of carbonyl (C=O) groups excluding carboxylic acids is 1. The topological polar surface area (TPSA) is 59.6 Å². The second kappa shape index (κ2) is 4.47. The number of rotatable bonds is 2. The number of ether oxygens (including phenoxy) is 2. The van der Waals surface area contributed by atoms with Gasteiger partial charge in [0.2, 0.25) is 0 Å². The van der Waals surface area contributed by atoms with Crippen LogP contribution in [0.15, 0.2) is 0 Å². The molecule has 5 heteroatoms. The smallest absolute Gasteiger partial charge is 0.250 e. The lowest BCUT2D eigenvalue weighted by atomic mass is 10.0. The molecule has 2 rings (SSSR count). The summed E-state index contributed by atoms with van der Waals surface area (Å²) in [5.74, 6) is -0.0322. The predicted octanol–water partition coefficient (Wildman–Crippen LogP) is -0.730. The molecule has 0 aromatic carbocycles. The van der Waals surface area contributed by atoms with E-state index in [9.17, 15) is 4.79 Å². The molecular weight excluding hydrogens is 196 g/mol. The zero-order valence-electron chi connectivity index (χ0n) is 9.04. The van der Waals surface area contributed by atoms with Crippen LogP contribution in [-0.2, 0) is 14.3 Å². The Hall–Kier alpha value is -0.650. The van der Waals surface area contributed by atoms with E-state index >= 15 is 0 Å². The van der Waals surface area contributed by atoms with Gasteiger partial charge in [0.15, 0.2) is 0 Å². The maximum absolute atomic E-state index is 11.8. The first-order chi connectivity index (χ1) is 7.20. The largest absolute Gasteiger partial charge is 0.379 e. The summed E-state index contributed by atoms with van der Waals surface area (Å²) in [5.41, 5.74) is -0.210. The lowest BCUT2D eigenvalue weighted by Crippen LogP contribution is -2.54. The van der Waals surface area contributed by atoms with E-state index in [0.717, 1.165) is 19.6 Å². The van der Waals surface area contributed by atoms with Gasteiger partial charge >= 0.3 is 0 Å². The van der Waals surface area contributed by atoms with Gasteiger partial charge in [0.05, 0.1) is 18.8 Å². The fourth-order valence-corrected chi connectivity index (χ4v) is 1.88. The lowest BCUT2D eigenvalue weighted by Gasteiger charge is -2.28. The molecule has 2 atom stereocenters. The zero-order chi connectivity index (χ0) is 10.7.